The molecular formula is C24H50NO7P. The molecule has 0 saturated heterocycles. The highest BCUT2D eigenvalue weighted by Gasteiger charge is 2.19. The molecule has 198 valence electrons. The first kappa shape index (κ1) is 28.7. The Balaban J connectivity index is 4.19. The molecule has 0 aromatic carbocycles. The van der Waals surface area contributed by atoms with E-state index in [9.17, 15) is 14.3 Å². The van der Waals surface area contributed by atoms with Crippen molar-refractivity contribution in [3.8, 4) is 0 Å². The molecule has 0 aliphatic rings. The molecule has 0 N–H and O–H groups in total. The normalized spacial score (nSPS) is 17.5. The highest BCUT2D eigenvalue weighted by Crippen LogP contribution is 2.38. The van der Waals surface area contributed by atoms with E-state index in [1.165, 1.54) is 51.9 Å². The largest absolute Gasteiger partial charge is 0.756 e. The Kier molecular flexibility index (Phi) is 17.2. The fraction of sp³-hybridized carbons (Fsp3) is 0.958. The number of phosphoric acid groups is 1. The lowest BCUT2D eigenvalue weighted by Crippen LogP contribution is -2.37. The number of rotatable bonds is 23. The van der Waals surface area contributed by atoms with Crippen LogP contribution in [0.5, 0.6) is 0 Å². The molecule has 0 bridgehead atoms. The first-order chi connectivity index (χ1) is 16.4. The van der Waals surface area contributed by atoms with Crippen LogP contribution in [-0.2, 0) is 27.9 Å². The van der Waals surface area contributed by atoms with Crippen molar-refractivity contribution in [1.82, 2.24) is 0 Å². The number of esters is 1. The third-order valence-electron chi connectivity index (χ3n) is 4.96. The molecule has 0 amide bonds. The second-order valence-corrected chi connectivity index (χ2v) is 10.9. The molecular weight excluding hydrogens is 445 g/mol. The fourth-order valence-electron chi connectivity index (χ4n) is 3.04. The average molecular weight is 500 g/mol. The number of nitrogens with zero attached hydrogens (tertiary/aromatic N) is 1. The van der Waals surface area contributed by atoms with Gasteiger partial charge in [-0.25, -0.2) is 0 Å². The Morgan fingerprint density at radius 1 is 0.939 bits per heavy atom. The second-order valence-electron chi connectivity index (χ2n) is 9.50. The Labute approximate surface area is 205 Å². The molecule has 0 fully saturated rings. The average Bonchev–Trinajstić information content (AvgIpc) is 2.75. The lowest BCUT2D eigenvalue weighted by Gasteiger charge is -2.28. The molecule has 0 heterocycles. The van der Waals surface area contributed by atoms with Gasteiger partial charge < -0.3 is 27.9 Å². The molecule has 8 nitrogen and oxygen atoms in total. The van der Waals surface area contributed by atoms with E-state index in [1.807, 2.05) is 21.1 Å². The van der Waals surface area contributed by atoms with E-state index in [4.69, 9.17) is 21.3 Å². The highest BCUT2D eigenvalue weighted by atomic mass is 31.2. The maximum absolute atomic E-state index is 12.0. The Morgan fingerprint density at radius 2 is 1.48 bits per heavy atom. The molecule has 4 atom stereocenters. The molecule has 0 aromatic rings. The van der Waals surface area contributed by atoms with Crippen LogP contribution in [0.25, 0.3) is 0 Å². The first-order valence-electron chi connectivity index (χ1n) is 13.6. The van der Waals surface area contributed by atoms with Gasteiger partial charge in [0.1, 0.15) is 19.3 Å². The van der Waals surface area contributed by atoms with Crippen LogP contribution in [0, 0.1) is 0 Å². The van der Waals surface area contributed by atoms with Crippen LogP contribution >= 0.6 is 7.82 Å². The van der Waals surface area contributed by atoms with Gasteiger partial charge in [0.25, 0.3) is 7.82 Å². The van der Waals surface area contributed by atoms with E-state index < -0.39 is 39.5 Å². The molecule has 0 aliphatic heterocycles. The quantitative estimate of drug-likeness (QED) is 0.0859. The summed E-state index contributed by atoms with van der Waals surface area (Å²) in [6.07, 6.45) is 10.8. The molecule has 0 saturated carbocycles. The highest BCUT2D eigenvalue weighted by molar-refractivity contribution is 7.45. The van der Waals surface area contributed by atoms with Crippen LogP contribution in [0.1, 0.15) is 93.6 Å². The first-order valence-corrected chi connectivity index (χ1v) is 13.9. The minimum absolute atomic E-state index is 0.0344. The molecule has 0 spiro atoms. The lowest BCUT2D eigenvalue weighted by atomic mass is 10.1. The molecule has 0 radical (unpaired) electrons. The van der Waals surface area contributed by atoms with E-state index in [0.29, 0.717) is 17.4 Å². The van der Waals surface area contributed by atoms with Crippen LogP contribution in [-0.4, -0.2) is 70.6 Å². The standard InChI is InChI=1S/C24H50NO7P/c1-6-7-8-9-10-11-12-13-14-15-16-17-19-29-21-24(32-23(2)26)22-31-33(27,28)30-20-18-25(3,4)5/h24H,6-22H2,1-5H3/t24-/m1/s1/i17T,19T/t17?,19?,24-. The Morgan fingerprint density at radius 3 is 2.00 bits per heavy atom. The van der Waals surface area contributed by atoms with Gasteiger partial charge in [0, 0.05) is 14.9 Å². The number of unbranched alkanes of at least 4 members (excludes halogenated alkanes) is 9. The zero-order valence-corrected chi connectivity index (χ0v) is 22.5. The summed E-state index contributed by atoms with van der Waals surface area (Å²) in [5, 5.41) is 0. The van der Waals surface area contributed by atoms with E-state index in [-0.39, 0.29) is 13.2 Å². The monoisotopic (exact) mass is 499 g/mol. The molecule has 0 rings (SSSR count). The smallest absolute Gasteiger partial charge is 0.303 e. The van der Waals surface area contributed by atoms with E-state index in [2.05, 4.69) is 6.92 Å². The summed E-state index contributed by atoms with van der Waals surface area (Å²) in [6, 6.07) is 0. The number of quaternary nitrogens is 1. The van der Waals surface area contributed by atoms with E-state index in [1.54, 1.807) is 0 Å². The van der Waals surface area contributed by atoms with Gasteiger partial charge in [0.05, 0.1) is 35.7 Å². The van der Waals surface area contributed by atoms with Gasteiger partial charge >= 0.3 is 5.97 Å². The number of ether oxygens (including phenoxy) is 2. The summed E-state index contributed by atoms with van der Waals surface area (Å²) in [5.74, 6) is -0.622. The van der Waals surface area contributed by atoms with Crippen molar-refractivity contribution in [1.29, 1.82) is 0 Å². The Hall–Kier alpha value is -0.500. The molecule has 0 aliphatic carbocycles. The van der Waals surface area contributed by atoms with Crippen molar-refractivity contribution in [3.05, 3.63) is 0 Å². The van der Waals surface area contributed by atoms with Gasteiger partial charge in [-0.1, -0.05) is 77.6 Å². The van der Waals surface area contributed by atoms with Crippen LogP contribution in [0.3, 0.4) is 0 Å². The summed E-state index contributed by atoms with van der Waals surface area (Å²) in [6.45, 7) is 2.02. The lowest BCUT2D eigenvalue weighted by molar-refractivity contribution is -0.870. The van der Waals surface area contributed by atoms with Crippen molar-refractivity contribution in [2.75, 3.05) is 54.1 Å². The third-order valence-corrected chi connectivity index (χ3v) is 5.93. The minimum Gasteiger partial charge on any atom is -0.756 e. The van der Waals surface area contributed by atoms with Gasteiger partial charge in [-0.2, -0.15) is 0 Å². The van der Waals surface area contributed by atoms with Crippen molar-refractivity contribution in [3.63, 3.8) is 0 Å². The SMILES string of the molecule is [3H]C(CCCCCCCCCCCC)C([3H])OC[C@H](COP(=O)([O-])OCC[N+](C)(C)C)OC(C)=O. The Bertz CT molecular complexity index is 593. The van der Waals surface area contributed by atoms with E-state index >= 15 is 0 Å². The van der Waals surface area contributed by atoms with Gasteiger partial charge in [0.15, 0.2) is 0 Å². The van der Waals surface area contributed by atoms with Gasteiger partial charge in [0.2, 0.25) is 0 Å². The van der Waals surface area contributed by atoms with Gasteiger partial charge in [-0.05, 0) is 6.40 Å². The number of carbonyl (C=O) groups is 1. The molecule has 0 aromatic heterocycles. The van der Waals surface area contributed by atoms with Gasteiger partial charge in [-0.3, -0.25) is 9.36 Å². The number of carbonyl (C=O) groups excluding carboxylic acids is 1. The number of likely N-dealkylation sites (N-methyl/N-ethyl adjacent to an activating group) is 1. The van der Waals surface area contributed by atoms with Crippen LogP contribution in [0.2, 0.25) is 0 Å². The van der Waals surface area contributed by atoms with Crippen molar-refractivity contribution < 1.29 is 40.0 Å². The van der Waals surface area contributed by atoms with Crippen molar-refractivity contribution in [2.24, 2.45) is 0 Å². The van der Waals surface area contributed by atoms with Gasteiger partial charge in [-0.15, -0.1) is 0 Å². The van der Waals surface area contributed by atoms with Crippen molar-refractivity contribution in [2.45, 2.75) is 97.0 Å². The zero-order chi connectivity index (χ0) is 26.7. The van der Waals surface area contributed by atoms with Crippen LogP contribution in [0.15, 0.2) is 0 Å². The summed E-state index contributed by atoms with van der Waals surface area (Å²) < 4.78 is 48.8. The maximum atomic E-state index is 12.0. The predicted molar refractivity (Wildman–Crippen MR) is 130 cm³/mol. The molecule has 9 heteroatoms. The third kappa shape index (κ3) is 24.4. The van der Waals surface area contributed by atoms with Crippen LogP contribution in [0.4, 0.5) is 0 Å². The summed E-state index contributed by atoms with van der Waals surface area (Å²) in [5.41, 5.74) is 0. The summed E-state index contributed by atoms with van der Waals surface area (Å²) >= 11 is 0. The minimum atomic E-state index is -4.57. The summed E-state index contributed by atoms with van der Waals surface area (Å²) in [7, 11) is 1.14. The van der Waals surface area contributed by atoms with Crippen LogP contribution < -0.4 is 4.89 Å². The van der Waals surface area contributed by atoms with Crippen molar-refractivity contribution >= 4 is 13.8 Å². The second kappa shape index (κ2) is 19.8. The maximum Gasteiger partial charge on any atom is 0.303 e. The number of hydrogen-bond donors (Lipinski definition) is 0. The molecule has 3 unspecified atom stereocenters. The fourth-order valence-corrected chi connectivity index (χ4v) is 3.77. The number of phosphoric ester groups is 1. The predicted octanol–water partition coefficient (Wildman–Crippen LogP) is 4.84. The topological polar surface area (TPSA) is 94.1 Å². The van der Waals surface area contributed by atoms with E-state index in [0.717, 1.165) is 19.3 Å². The number of hydrogen-bond acceptors (Lipinski definition) is 7. The summed E-state index contributed by atoms with van der Waals surface area (Å²) in [4.78, 5) is 23.3. The zero-order valence-electron chi connectivity index (χ0n) is 23.6. The molecule has 33 heavy (non-hydrogen) atoms.